The molecule has 30 heavy (non-hydrogen) atoms. The summed E-state index contributed by atoms with van der Waals surface area (Å²) < 4.78 is 5.01. The predicted molar refractivity (Wildman–Crippen MR) is 116 cm³/mol. The Morgan fingerprint density at radius 1 is 1.10 bits per heavy atom. The number of nitrogens with zero attached hydrogens (tertiary/aromatic N) is 1. The minimum absolute atomic E-state index is 0.0116. The molecule has 3 amide bonds. The molecule has 3 fully saturated rings. The Bertz CT molecular complexity index is 875. The second-order valence-corrected chi connectivity index (χ2v) is 10.2. The van der Waals surface area contributed by atoms with Gasteiger partial charge in [-0.15, -0.1) is 0 Å². The minimum Gasteiger partial charge on any atom is -0.456 e. The van der Waals surface area contributed by atoms with Crippen molar-refractivity contribution >= 4 is 61.2 Å². The SMILES string of the molecule is Cc1ccccc1NC(=O)COC(=O)CCN1C(=O)[C@@H]2[C@H]3C[C@@H]([C@@H](Br)[C@H]3Br)[C@H]2C1=O. The van der Waals surface area contributed by atoms with Crippen LogP contribution < -0.4 is 5.32 Å². The van der Waals surface area contributed by atoms with E-state index in [2.05, 4.69) is 37.2 Å². The van der Waals surface area contributed by atoms with Crippen molar-refractivity contribution in [3.63, 3.8) is 0 Å². The molecule has 9 heteroatoms. The van der Waals surface area contributed by atoms with Crippen molar-refractivity contribution in [1.82, 2.24) is 4.90 Å². The van der Waals surface area contributed by atoms with E-state index in [1.54, 1.807) is 12.1 Å². The van der Waals surface area contributed by atoms with Gasteiger partial charge < -0.3 is 10.1 Å². The minimum atomic E-state index is -0.618. The number of esters is 1. The number of hydrogen-bond acceptors (Lipinski definition) is 5. The van der Waals surface area contributed by atoms with Crippen molar-refractivity contribution in [2.75, 3.05) is 18.5 Å². The maximum atomic E-state index is 12.8. The van der Waals surface area contributed by atoms with Crippen LogP contribution >= 0.6 is 31.9 Å². The molecule has 0 unspecified atom stereocenters. The van der Waals surface area contributed by atoms with Gasteiger partial charge in [0.05, 0.1) is 18.3 Å². The number of para-hydroxylation sites is 1. The average molecular weight is 542 g/mol. The monoisotopic (exact) mass is 540 g/mol. The van der Waals surface area contributed by atoms with Crippen LogP contribution in [0.3, 0.4) is 0 Å². The van der Waals surface area contributed by atoms with E-state index in [4.69, 9.17) is 4.74 Å². The summed E-state index contributed by atoms with van der Waals surface area (Å²) in [6.07, 6.45) is 0.740. The van der Waals surface area contributed by atoms with Crippen molar-refractivity contribution in [3.05, 3.63) is 29.8 Å². The largest absolute Gasteiger partial charge is 0.456 e. The zero-order chi connectivity index (χ0) is 21.6. The third-order valence-corrected chi connectivity index (χ3v) is 9.61. The normalized spacial score (nSPS) is 31.8. The standard InChI is InChI=1S/C21H22Br2N2O5/c1-10-4-2-3-5-13(10)24-14(26)9-30-15(27)6-7-25-20(28)16-11-8-12(17(16)21(25)29)19(23)18(11)22/h2-5,11-12,16-19H,6-9H2,1H3,(H,24,26)/t11-,12-,16-,17-,18-,19+/m1/s1. The molecule has 1 N–H and O–H groups in total. The first-order valence-corrected chi connectivity index (χ1v) is 11.8. The Morgan fingerprint density at radius 2 is 1.70 bits per heavy atom. The van der Waals surface area contributed by atoms with Gasteiger partial charge in [0.15, 0.2) is 6.61 Å². The quantitative estimate of drug-likeness (QED) is 0.339. The lowest BCUT2D eigenvalue weighted by Crippen LogP contribution is -2.37. The number of anilines is 1. The lowest BCUT2D eigenvalue weighted by Gasteiger charge is -2.28. The number of rotatable bonds is 6. The maximum Gasteiger partial charge on any atom is 0.308 e. The first-order valence-electron chi connectivity index (χ1n) is 9.94. The highest BCUT2D eigenvalue weighted by Gasteiger charge is 2.66. The van der Waals surface area contributed by atoms with E-state index >= 15 is 0 Å². The summed E-state index contributed by atoms with van der Waals surface area (Å²) in [6.45, 7) is 1.44. The van der Waals surface area contributed by atoms with E-state index in [1.807, 2.05) is 19.1 Å². The number of hydrogen-bond donors (Lipinski definition) is 1. The van der Waals surface area contributed by atoms with Crippen LogP contribution in [0, 0.1) is 30.6 Å². The van der Waals surface area contributed by atoms with Crippen LogP contribution in [0.4, 0.5) is 5.69 Å². The number of nitrogens with one attached hydrogen (secondary N) is 1. The summed E-state index contributed by atoms with van der Waals surface area (Å²) in [5, 5.41) is 2.68. The number of aryl methyl sites for hydroxylation is 1. The molecule has 2 saturated carbocycles. The highest BCUT2D eigenvalue weighted by molar-refractivity contribution is 9.12. The topological polar surface area (TPSA) is 92.8 Å². The molecule has 1 heterocycles. The van der Waals surface area contributed by atoms with Crippen LogP contribution in [0.1, 0.15) is 18.4 Å². The Hall–Kier alpha value is -1.74. The summed E-state index contributed by atoms with van der Waals surface area (Å²) in [6, 6.07) is 7.29. The van der Waals surface area contributed by atoms with Crippen molar-refractivity contribution in [1.29, 1.82) is 0 Å². The molecule has 0 aromatic heterocycles. The predicted octanol–water partition coefficient (Wildman–Crippen LogP) is 2.64. The number of ether oxygens (including phenoxy) is 1. The molecule has 1 saturated heterocycles. The number of amides is 3. The van der Waals surface area contributed by atoms with E-state index in [1.165, 1.54) is 4.90 Å². The first-order chi connectivity index (χ1) is 14.3. The Labute approximate surface area is 191 Å². The van der Waals surface area contributed by atoms with Gasteiger partial charge in [-0.25, -0.2) is 0 Å². The van der Waals surface area contributed by atoms with Gasteiger partial charge in [-0.05, 0) is 36.8 Å². The fourth-order valence-corrected chi connectivity index (χ4v) is 6.83. The van der Waals surface area contributed by atoms with Crippen LogP contribution in [-0.4, -0.2) is 51.4 Å². The first kappa shape index (κ1) is 21.5. The number of carbonyl (C=O) groups is 4. The second-order valence-electron chi connectivity index (χ2n) is 8.11. The number of halogens is 2. The Morgan fingerprint density at radius 3 is 2.30 bits per heavy atom. The molecule has 1 aliphatic heterocycles. The molecular weight excluding hydrogens is 520 g/mol. The fourth-order valence-electron chi connectivity index (χ4n) is 4.95. The van der Waals surface area contributed by atoms with Gasteiger partial charge in [-0.1, -0.05) is 50.1 Å². The average Bonchev–Trinajstić information content (AvgIpc) is 3.32. The van der Waals surface area contributed by atoms with Crippen molar-refractivity contribution in [2.24, 2.45) is 23.7 Å². The third kappa shape index (κ3) is 3.70. The Balaban J connectivity index is 1.27. The molecule has 3 aliphatic rings. The molecule has 6 atom stereocenters. The maximum absolute atomic E-state index is 12.8. The molecule has 4 rings (SSSR count). The summed E-state index contributed by atoms with van der Waals surface area (Å²) in [5.74, 6) is -1.74. The lowest BCUT2D eigenvalue weighted by atomic mass is 9.81. The van der Waals surface area contributed by atoms with Crippen LogP contribution in [0.2, 0.25) is 0 Å². The Kier molecular flexibility index (Phi) is 6.03. The van der Waals surface area contributed by atoms with Gasteiger partial charge in [-0.2, -0.15) is 0 Å². The summed E-state index contributed by atoms with van der Waals surface area (Å²) in [7, 11) is 0. The highest BCUT2D eigenvalue weighted by Crippen LogP contribution is 2.60. The zero-order valence-electron chi connectivity index (χ0n) is 16.3. The molecule has 0 radical (unpaired) electrons. The van der Waals surface area contributed by atoms with E-state index < -0.39 is 18.5 Å². The smallest absolute Gasteiger partial charge is 0.308 e. The van der Waals surface area contributed by atoms with E-state index in [-0.39, 0.29) is 58.1 Å². The molecule has 2 aliphatic carbocycles. The lowest BCUT2D eigenvalue weighted by molar-refractivity contribution is -0.149. The number of benzene rings is 1. The van der Waals surface area contributed by atoms with E-state index in [9.17, 15) is 19.2 Å². The molecule has 160 valence electrons. The van der Waals surface area contributed by atoms with Crippen LogP contribution in [0.5, 0.6) is 0 Å². The van der Waals surface area contributed by atoms with Gasteiger partial charge in [0, 0.05) is 21.9 Å². The number of alkyl halides is 2. The second kappa shape index (κ2) is 8.42. The molecular formula is C21H22Br2N2O5. The van der Waals surface area contributed by atoms with Crippen LogP contribution in [0.25, 0.3) is 0 Å². The molecule has 2 bridgehead atoms. The number of carbonyl (C=O) groups excluding carboxylic acids is 4. The highest BCUT2D eigenvalue weighted by atomic mass is 79.9. The van der Waals surface area contributed by atoms with E-state index in [0.717, 1.165) is 12.0 Å². The number of fused-ring (bicyclic) bond motifs is 5. The van der Waals surface area contributed by atoms with Crippen LogP contribution in [-0.2, 0) is 23.9 Å². The summed E-state index contributed by atoms with van der Waals surface area (Å²) >= 11 is 7.30. The molecule has 0 spiro atoms. The van der Waals surface area contributed by atoms with Gasteiger partial charge in [0.1, 0.15) is 0 Å². The van der Waals surface area contributed by atoms with Gasteiger partial charge in [0.2, 0.25) is 11.8 Å². The number of likely N-dealkylation sites (tertiary alicyclic amines) is 1. The van der Waals surface area contributed by atoms with Crippen molar-refractivity contribution in [3.8, 4) is 0 Å². The van der Waals surface area contributed by atoms with E-state index in [0.29, 0.717) is 5.69 Å². The molecule has 1 aromatic rings. The summed E-state index contributed by atoms with van der Waals surface area (Å²) in [5.41, 5.74) is 1.56. The van der Waals surface area contributed by atoms with Gasteiger partial charge >= 0.3 is 5.97 Å². The van der Waals surface area contributed by atoms with Crippen molar-refractivity contribution < 1.29 is 23.9 Å². The van der Waals surface area contributed by atoms with Gasteiger partial charge in [0.25, 0.3) is 5.91 Å². The van der Waals surface area contributed by atoms with Crippen LogP contribution in [0.15, 0.2) is 24.3 Å². The van der Waals surface area contributed by atoms with Gasteiger partial charge in [-0.3, -0.25) is 24.1 Å². The number of imide groups is 1. The molecule has 7 nitrogen and oxygen atoms in total. The third-order valence-electron chi connectivity index (χ3n) is 6.40. The summed E-state index contributed by atoms with van der Waals surface area (Å²) in [4.78, 5) is 51.2. The fraction of sp³-hybridized carbons (Fsp3) is 0.524. The molecule has 1 aromatic carbocycles. The zero-order valence-corrected chi connectivity index (χ0v) is 19.5. The van der Waals surface area contributed by atoms with Crippen molar-refractivity contribution in [2.45, 2.75) is 29.4 Å².